The van der Waals surface area contributed by atoms with E-state index in [4.69, 9.17) is 11.0 Å². The SMILES string of the molecule is CN(Cc1ccc(N)nc1)c1cnc(C#N)cn1. The van der Waals surface area contributed by atoms with Crippen molar-refractivity contribution in [2.75, 3.05) is 17.7 Å². The van der Waals surface area contributed by atoms with Gasteiger partial charge in [0.05, 0.1) is 12.4 Å². The van der Waals surface area contributed by atoms with Gasteiger partial charge in [0.2, 0.25) is 0 Å². The summed E-state index contributed by atoms with van der Waals surface area (Å²) in [6.07, 6.45) is 4.75. The Bertz CT molecular complexity index is 555. The van der Waals surface area contributed by atoms with Crippen LogP contribution in [0, 0.1) is 11.3 Å². The zero-order valence-electron chi connectivity index (χ0n) is 9.91. The number of nitriles is 1. The molecule has 0 aromatic carbocycles. The van der Waals surface area contributed by atoms with E-state index < -0.39 is 0 Å². The molecule has 0 unspecified atom stereocenters. The largest absolute Gasteiger partial charge is 0.384 e. The van der Waals surface area contributed by atoms with Gasteiger partial charge < -0.3 is 10.6 Å². The zero-order chi connectivity index (χ0) is 13.0. The molecule has 0 atom stereocenters. The normalized spacial score (nSPS) is 9.78. The fraction of sp³-hybridized carbons (Fsp3) is 0.167. The third kappa shape index (κ3) is 2.71. The van der Waals surface area contributed by atoms with Crippen LogP contribution in [0.5, 0.6) is 0 Å². The standard InChI is InChI=1S/C12H12N6/c1-18(8-9-2-3-11(14)16-5-9)12-7-15-10(4-13)6-17-12/h2-3,5-7H,8H2,1H3,(H2,14,16). The molecule has 0 amide bonds. The average molecular weight is 240 g/mol. The lowest BCUT2D eigenvalue weighted by atomic mass is 10.2. The van der Waals surface area contributed by atoms with Gasteiger partial charge in [0.1, 0.15) is 17.7 Å². The number of nitrogen functional groups attached to an aromatic ring is 1. The Morgan fingerprint density at radius 3 is 2.61 bits per heavy atom. The quantitative estimate of drug-likeness (QED) is 0.859. The van der Waals surface area contributed by atoms with Crippen molar-refractivity contribution in [2.45, 2.75) is 6.54 Å². The zero-order valence-corrected chi connectivity index (χ0v) is 9.91. The van der Waals surface area contributed by atoms with Gasteiger partial charge in [-0.25, -0.2) is 15.0 Å². The lowest BCUT2D eigenvalue weighted by Crippen LogP contribution is -2.18. The van der Waals surface area contributed by atoms with Gasteiger partial charge in [0, 0.05) is 19.8 Å². The van der Waals surface area contributed by atoms with Gasteiger partial charge in [0.15, 0.2) is 5.69 Å². The lowest BCUT2D eigenvalue weighted by molar-refractivity contribution is 0.883. The molecule has 90 valence electrons. The maximum Gasteiger partial charge on any atom is 0.158 e. The first kappa shape index (κ1) is 11.8. The molecule has 0 aliphatic heterocycles. The summed E-state index contributed by atoms with van der Waals surface area (Å²) >= 11 is 0. The van der Waals surface area contributed by atoms with Crippen LogP contribution in [0.2, 0.25) is 0 Å². The van der Waals surface area contributed by atoms with Crippen molar-refractivity contribution >= 4 is 11.6 Å². The molecule has 2 heterocycles. The Morgan fingerprint density at radius 1 is 1.22 bits per heavy atom. The highest BCUT2D eigenvalue weighted by Gasteiger charge is 2.04. The van der Waals surface area contributed by atoms with E-state index in [2.05, 4.69) is 15.0 Å². The summed E-state index contributed by atoms with van der Waals surface area (Å²) in [7, 11) is 1.90. The third-order valence-electron chi connectivity index (χ3n) is 2.41. The molecule has 0 spiro atoms. The molecule has 0 radical (unpaired) electrons. The minimum absolute atomic E-state index is 0.307. The summed E-state index contributed by atoms with van der Waals surface area (Å²) in [6.45, 7) is 0.647. The second-order valence-electron chi connectivity index (χ2n) is 3.82. The average Bonchev–Trinajstić information content (AvgIpc) is 2.41. The van der Waals surface area contributed by atoms with Crippen molar-refractivity contribution in [1.82, 2.24) is 15.0 Å². The van der Waals surface area contributed by atoms with Crippen molar-refractivity contribution in [1.29, 1.82) is 5.26 Å². The second-order valence-corrected chi connectivity index (χ2v) is 3.82. The molecule has 6 nitrogen and oxygen atoms in total. The van der Waals surface area contributed by atoms with E-state index in [0.29, 0.717) is 23.9 Å². The number of pyridine rings is 1. The van der Waals surface area contributed by atoms with E-state index in [9.17, 15) is 0 Å². The van der Waals surface area contributed by atoms with Crippen molar-refractivity contribution in [3.05, 3.63) is 42.0 Å². The van der Waals surface area contributed by atoms with Gasteiger partial charge in [-0.1, -0.05) is 6.07 Å². The Labute approximate surface area is 105 Å². The summed E-state index contributed by atoms with van der Waals surface area (Å²) < 4.78 is 0. The molecule has 6 heteroatoms. The van der Waals surface area contributed by atoms with Crippen LogP contribution in [0.1, 0.15) is 11.3 Å². The van der Waals surface area contributed by atoms with E-state index in [0.717, 1.165) is 5.56 Å². The van der Waals surface area contributed by atoms with E-state index >= 15 is 0 Å². The van der Waals surface area contributed by atoms with E-state index in [1.807, 2.05) is 24.1 Å². The first-order valence-electron chi connectivity index (χ1n) is 5.33. The lowest BCUT2D eigenvalue weighted by Gasteiger charge is -2.17. The van der Waals surface area contributed by atoms with Crippen molar-refractivity contribution in [2.24, 2.45) is 0 Å². The summed E-state index contributed by atoms with van der Waals surface area (Å²) in [4.78, 5) is 14.1. The molecular weight excluding hydrogens is 228 g/mol. The Kier molecular flexibility index (Phi) is 3.34. The fourth-order valence-electron chi connectivity index (χ4n) is 1.46. The summed E-state index contributed by atoms with van der Waals surface area (Å²) in [6, 6.07) is 5.60. The summed E-state index contributed by atoms with van der Waals surface area (Å²) in [5.41, 5.74) is 6.86. The number of hydrogen-bond donors (Lipinski definition) is 1. The first-order chi connectivity index (χ1) is 8.69. The molecule has 2 aromatic heterocycles. The van der Waals surface area contributed by atoms with Gasteiger partial charge in [-0.15, -0.1) is 0 Å². The Morgan fingerprint density at radius 2 is 2.06 bits per heavy atom. The van der Waals surface area contributed by atoms with E-state index in [1.165, 1.54) is 6.20 Å². The number of nitrogens with zero attached hydrogens (tertiary/aromatic N) is 5. The van der Waals surface area contributed by atoms with Crippen LogP contribution in [0.4, 0.5) is 11.6 Å². The van der Waals surface area contributed by atoms with Gasteiger partial charge in [-0.05, 0) is 11.6 Å². The van der Waals surface area contributed by atoms with Gasteiger partial charge in [-0.2, -0.15) is 5.26 Å². The number of anilines is 2. The molecule has 2 N–H and O–H groups in total. The molecule has 0 saturated heterocycles. The van der Waals surface area contributed by atoms with E-state index in [1.54, 1.807) is 18.5 Å². The van der Waals surface area contributed by atoms with Crippen LogP contribution < -0.4 is 10.6 Å². The first-order valence-corrected chi connectivity index (χ1v) is 5.33. The molecule has 2 rings (SSSR count). The third-order valence-corrected chi connectivity index (χ3v) is 2.41. The highest BCUT2D eigenvalue weighted by molar-refractivity contribution is 5.38. The molecule has 0 bridgehead atoms. The molecule has 0 aliphatic rings. The van der Waals surface area contributed by atoms with Crippen LogP contribution in [-0.2, 0) is 6.54 Å². The van der Waals surface area contributed by atoms with Crippen molar-refractivity contribution in [3.63, 3.8) is 0 Å². The molecular formula is C12H12N6. The van der Waals surface area contributed by atoms with Gasteiger partial charge in [-0.3, -0.25) is 0 Å². The summed E-state index contributed by atoms with van der Waals surface area (Å²) in [5, 5.41) is 8.64. The Balaban J connectivity index is 2.09. The maximum absolute atomic E-state index is 8.64. The Hall–Kier alpha value is -2.68. The highest BCUT2D eigenvalue weighted by atomic mass is 15.2. The monoisotopic (exact) mass is 240 g/mol. The van der Waals surface area contributed by atoms with Crippen LogP contribution >= 0.6 is 0 Å². The molecule has 0 saturated carbocycles. The fourth-order valence-corrected chi connectivity index (χ4v) is 1.46. The molecule has 0 aliphatic carbocycles. The van der Waals surface area contributed by atoms with E-state index in [-0.39, 0.29) is 0 Å². The number of rotatable bonds is 3. The number of hydrogen-bond acceptors (Lipinski definition) is 6. The van der Waals surface area contributed by atoms with Crippen LogP contribution in [0.25, 0.3) is 0 Å². The summed E-state index contributed by atoms with van der Waals surface area (Å²) in [5.74, 6) is 1.20. The number of aromatic nitrogens is 3. The van der Waals surface area contributed by atoms with Gasteiger partial charge >= 0.3 is 0 Å². The number of nitrogens with two attached hydrogens (primary N) is 1. The predicted molar refractivity (Wildman–Crippen MR) is 67.5 cm³/mol. The molecule has 2 aromatic rings. The van der Waals surface area contributed by atoms with Crippen LogP contribution in [-0.4, -0.2) is 22.0 Å². The topological polar surface area (TPSA) is 91.7 Å². The second kappa shape index (κ2) is 5.10. The van der Waals surface area contributed by atoms with Gasteiger partial charge in [0.25, 0.3) is 0 Å². The smallest absolute Gasteiger partial charge is 0.158 e. The van der Waals surface area contributed by atoms with Crippen LogP contribution in [0.15, 0.2) is 30.7 Å². The predicted octanol–water partition coefficient (Wildman–Crippen LogP) is 0.962. The highest BCUT2D eigenvalue weighted by Crippen LogP contribution is 2.11. The van der Waals surface area contributed by atoms with Crippen LogP contribution in [0.3, 0.4) is 0 Å². The molecule has 0 fully saturated rings. The molecule has 18 heavy (non-hydrogen) atoms. The van der Waals surface area contributed by atoms with Crippen molar-refractivity contribution < 1.29 is 0 Å². The van der Waals surface area contributed by atoms with Crippen molar-refractivity contribution in [3.8, 4) is 6.07 Å². The minimum atomic E-state index is 0.307. The maximum atomic E-state index is 8.64. The minimum Gasteiger partial charge on any atom is -0.384 e.